The number of aryl methyl sites for hydroxylation is 1. The smallest absolute Gasteiger partial charge is 0.360 e. The van der Waals surface area contributed by atoms with E-state index in [2.05, 4.69) is 10.1 Å². The fourth-order valence-electron chi connectivity index (χ4n) is 1.83. The number of nitrogens with one attached hydrogen (secondary N) is 1. The number of hydrogen-bond donors (Lipinski definition) is 3. The number of rotatable bonds is 3. The highest BCUT2D eigenvalue weighted by molar-refractivity contribution is 6.33. The van der Waals surface area contributed by atoms with Crippen LogP contribution in [0.4, 0.5) is 19.0 Å². The molecule has 2 aromatic rings. The molecule has 2 rings (SSSR count). The van der Waals surface area contributed by atoms with Crippen molar-refractivity contribution in [2.45, 2.75) is 13.1 Å². The van der Waals surface area contributed by atoms with Crippen molar-refractivity contribution in [2.75, 3.05) is 5.01 Å². The number of nitrogens with two attached hydrogens (primary N) is 2. The molecule has 13 heteroatoms. The van der Waals surface area contributed by atoms with Crippen LogP contribution in [0, 0.1) is 6.92 Å². The van der Waals surface area contributed by atoms with Gasteiger partial charge >= 0.3 is 6.18 Å². The Morgan fingerprint density at radius 3 is 2.56 bits per heavy atom. The number of carbonyl (C=O) groups is 2. The number of anilines is 1. The Hall–Kier alpha value is -2.70. The maximum absolute atomic E-state index is 12.6. The van der Waals surface area contributed by atoms with Crippen molar-refractivity contribution in [3.05, 3.63) is 39.9 Å². The van der Waals surface area contributed by atoms with Crippen molar-refractivity contribution in [1.29, 1.82) is 0 Å². The van der Waals surface area contributed by atoms with Crippen molar-refractivity contribution >= 4 is 29.2 Å². The van der Waals surface area contributed by atoms with Gasteiger partial charge in [-0.15, -0.1) is 0 Å². The van der Waals surface area contributed by atoms with E-state index >= 15 is 0 Å². The third-order valence-corrected chi connectivity index (χ3v) is 3.30. The molecule has 9 nitrogen and oxygen atoms in total. The number of alkyl halides is 3. The third kappa shape index (κ3) is 3.55. The van der Waals surface area contributed by atoms with Gasteiger partial charge in [-0.05, 0) is 13.0 Å². The van der Waals surface area contributed by atoms with E-state index in [4.69, 9.17) is 27.8 Å². The number of hydrazine groups is 2. The largest absolute Gasteiger partial charge is 0.417 e. The third-order valence-electron chi connectivity index (χ3n) is 3.02. The Morgan fingerprint density at radius 1 is 1.40 bits per heavy atom. The Bertz CT molecular complexity index is 838. The summed E-state index contributed by atoms with van der Waals surface area (Å²) in [7, 11) is 0. The van der Waals surface area contributed by atoms with Gasteiger partial charge in [-0.2, -0.15) is 13.2 Å². The predicted octanol–water partition coefficient (Wildman–Crippen LogP) is 1.17. The molecule has 0 fully saturated rings. The average molecular weight is 379 g/mol. The van der Waals surface area contributed by atoms with Gasteiger partial charge in [0.2, 0.25) is 0 Å². The molecule has 0 spiro atoms. The molecule has 0 radical (unpaired) electrons. The van der Waals surface area contributed by atoms with Gasteiger partial charge in [-0.1, -0.05) is 16.8 Å². The molecule has 0 aromatic carbocycles. The van der Waals surface area contributed by atoms with Gasteiger partial charge in [0.15, 0.2) is 11.5 Å². The van der Waals surface area contributed by atoms with Crippen molar-refractivity contribution < 1.29 is 27.3 Å². The van der Waals surface area contributed by atoms with Crippen LogP contribution < -0.4 is 22.1 Å². The maximum atomic E-state index is 12.6. The van der Waals surface area contributed by atoms with Crippen molar-refractivity contribution in [3.63, 3.8) is 0 Å². The summed E-state index contributed by atoms with van der Waals surface area (Å²) in [5.41, 5.74) is -0.154. The first-order valence-corrected chi connectivity index (χ1v) is 6.74. The van der Waals surface area contributed by atoms with Gasteiger partial charge in [0.05, 0.1) is 10.6 Å². The van der Waals surface area contributed by atoms with Gasteiger partial charge in [0.25, 0.3) is 11.8 Å². The van der Waals surface area contributed by atoms with Gasteiger partial charge in [-0.25, -0.2) is 21.7 Å². The summed E-state index contributed by atoms with van der Waals surface area (Å²) in [6.45, 7) is 1.32. The average Bonchev–Trinajstić information content (AvgIpc) is 2.93. The molecule has 2 amide bonds. The summed E-state index contributed by atoms with van der Waals surface area (Å²) in [5.74, 6) is 8.07. The van der Waals surface area contributed by atoms with Crippen LogP contribution in [0.15, 0.2) is 16.8 Å². The van der Waals surface area contributed by atoms with E-state index in [1.165, 1.54) is 6.92 Å². The molecule has 0 aliphatic rings. The molecule has 5 N–H and O–H groups in total. The molecular formula is C12H10ClF3N6O3. The minimum Gasteiger partial charge on any atom is -0.360 e. The quantitative estimate of drug-likeness (QED) is 0.413. The molecule has 0 unspecified atom stereocenters. The molecule has 2 aromatic heterocycles. The highest BCUT2D eigenvalue weighted by Crippen LogP contribution is 2.33. The standard InChI is InChI=1S/C12H10ClF3N6O3/c1-4-7(8(21-25-4)10(23)20-17)11(24)22(18)9-6(13)2-5(3-19-9)12(14,15)16/h2-3H,17-18H2,1H3,(H,20,23). The topological polar surface area (TPSA) is 140 Å². The molecule has 25 heavy (non-hydrogen) atoms. The first kappa shape index (κ1) is 18.6. The molecule has 0 saturated heterocycles. The minimum atomic E-state index is -4.67. The second kappa shape index (κ2) is 6.66. The summed E-state index contributed by atoms with van der Waals surface area (Å²) >= 11 is 5.73. The fraction of sp³-hybridized carbons (Fsp3) is 0.167. The number of hydrogen-bond acceptors (Lipinski definition) is 7. The van der Waals surface area contributed by atoms with Crippen LogP contribution in [0.3, 0.4) is 0 Å². The fourth-order valence-corrected chi connectivity index (χ4v) is 2.08. The molecule has 0 saturated carbocycles. The van der Waals surface area contributed by atoms with Gasteiger partial charge in [-0.3, -0.25) is 15.0 Å². The van der Waals surface area contributed by atoms with E-state index in [9.17, 15) is 22.8 Å². The summed E-state index contributed by atoms with van der Waals surface area (Å²) < 4.78 is 42.6. The second-order valence-corrected chi connectivity index (χ2v) is 5.05. The summed E-state index contributed by atoms with van der Waals surface area (Å²) in [4.78, 5) is 27.5. The predicted molar refractivity (Wildman–Crippen MR) is 78.1 cm³/mol. The van der Waals surface area contributed by atoms with Gasteiger partial charge < -0.3 is 4.52 Å². The first-order chi connectivity index (χ1) is 11.6. The number of pyridine rings is 1. The summed E-state index contributed by atoms with van der Waals surface area (Å²) in [5, 5.41) is 3.23. The van der Waals surface area contributed by atoms with Crippen molar-refractivity contribution in [3.8, 4) is 0 Å². The highest BCUT2D eigenvalue weighted by Gasteiger charge is 2.33. The number of amides is 2. The monoisotopic (exact) mass is 378 g/mol. The zero-order chi connectivity index (χ0) is 18.9. The Labute approximate surface area is 142 Å². The van der Waals surface area contributed by atoms with E-state index < -0.39 is 40.1 Å². The minimum absolute atomic E-state index is 0.0675. The molecule has 0 atom stereocenters. The number of nitrogen functional groups attached to an aromatic ring is 1. The van der Waals surface area contributed by atoms with E-state index in [0.29, 0.717) is 17.3 Å². The lowest BCUT2D eigenvalue weighted by atomic mass is 10.1. The number of aromatic nitrogens is 2. The molecule has 0 aliphatic carbocycles. The van der Waals surface area contributed by atoms with Gasteiger partial charge in [0, 0.05) is 6.20 Å². The zero-order valence-electron chi connectivity index (χ0n) is 12.4. The summed E-state index contributed by atoms with van der Waals surface area (Å²) in [6.07, 6.45) is -4.21. The van der Waals surface area contributed by atoms with Crippen molar-refractivity contribution in [1.82, 2.24) is 15.6 Å². The Morgan fingerprint density at radius 2 is 2.04 bits per heavy atom. The summed E-state index contributed by atoms with van der Waals surface area (Å²) in [6, 6.07) is 0.561. The van der Waals surface area contributed by atoms with Crippen LogP contribution in [0.1, 0.15) is 32.2 Å². The van der Waals surface area contributed by atoms with E-state index in [-0.39, 0.29) is 11.3 Å². The Kier molecular flexibility index (Phi) is 4.97. The maximum Gasteiger partial charge on any atom is 0.417 e. The lowest BCUT2D eigenvalue weighted by Gasteiger charge is -2.17. The van der Waals surface area contributed by atoms with Crippen LogP contribution in [0.2, 0.25) is 5.02 Å². The van der Waals surface area contributed by atoms with Crippen LogP contribution in [-0.4, -0.2) is 22.0 Å². The number of halogens is 4. The normalized spacial score (nSPS) is 11.3. The molecule has 0 aliphatic heterocycles. The van der Waals surface area contributed by atoms with Crippen LogP contribution in [0.5, 0.6) is 0 Å². The molecular weight excluding hydrogens is 369 g/mol. The second-order valence-electron chi connectivity index (χ2n) is 4.64. The van der Waals surface area contributed by atoms with Crippen LogP contribution in [-0.2, 0) is 6.18 Å². The number of nitrogens with zero attached hydrogens (tertiary/aromatic N) is 3. The van der Waals surface area contributed by atoms with Gasteiger partial charge in [0.1, 0.15) is 11.3 Å². The Balaban J connectivity index is 2.42. The molecule has 2 heterocycles. The van der Waals surface area contributed by atoms with E-state index in [1.807, 2.05) is 0 Å². The lowest BCUT2D eigenvalue weighted by Crippen LogP contribution is -2.40. The van der Waals surface area contributed by atoms with Crippen molar-refractivity contribution in [2.24, 2.45) is 11.7 Å². The number of carbonyl (C=O) groups excluding carboxylic acids is 2. The SMILES string of the molecule is Cc1onc(C(=O)NN)c1C(=O)N(N)c1ncc(C(F)(F)F)cc1Cl. The van der Waals surface area contributed by atoms with Crippen LogP contribution >= 0.6 is 11.6 Å². The van der Waals surface area contributed by atoms with E-state index in [0.717, 1.165) is 0 Å². The highest BCUT2D eigenvalue weighted by atomic mass is 35.5. The zero-order valence-corrected chi connectivity index (χ0v) is 13.1. The van der Waals surface area contributed by atoms with E-state index in [1.54, 1.807) is 5.43 Å². The first-order valence-electron chi connectivity index (χ1n) is 6.37. The lowest BCUT2D eigenvalue weighted by molar-refractivity contribution is -0.137. The van der Waals surface area contributed by atoms with Crippen LogP contribution in [0.25, 0.3) is 0 Å². The molecule has 0 bridgehead atoms. The molecule has 134 valence electrons.